The minimum absolute atomic E-state index is 0.365. The molecular weight excluding hydrogens is 206 g/mol. The molecule has 88 valence electrons. The van der Waals surface area contributed by atoms with Gasteiger partial charge in [-0.2, -0.15) is 0 Å². The summed E-state index contributed by atoms with van der Waals surface area (Å²) in [6.45, 7) is 7.35. The van der Waals surface area contributed by atoms with Gasteiger partial charge in [0.1, 0.15) is 5.60 Å². The highest BCUT2D eigenvalue weighted by Crippen LogP contribution is 2.17. The molecule has 0 unspecified atom stereocenters. The van der Waals surface area contributed by atoms with Gasteiger partial charge in [0.2, 0.25) is 5.95 Å². The molecule has 0 radical (unpaired) electrons. The van der Waals surface area contributed by atoms with Crippen LogP contribution < -0.4 is 5.32 Å². The number of ether oxygens (including phenoxy) is 1. The van der Waals surface area contributed by atoms with Crippen molar-refractivity contribution in [3.63, 3.8) is 0 Å². The summed E-state index contributed by atoms with van der Waals surface area (Å²) in [5.74, 6) is 0.392. The summed E-state index contributed by atoms with van der Waals surface area (Å²) in [4.78, 5) is 16.0. The minimum atomic E-state index is -0.478. The van der Waals surface area contributed by atoms with Crippen molar-refractivity contribution < 1.29 is 9.53 Å². The van der Waals surface area contributed by atoms with Gasteiger partial charge in [0, 0.05) is 19.3 Å². The lowest BCUT2D eigenvalue weighted by Crippen LogP contribution is -2.24. The van der Waals surface area contributed by atoms with Gasteiger partial charge in [-0.1, -0.05) is 0 Å². The highest BCUT2D eigenvalue weighted by Gasteiger charge is 2.22. The first-order valence-corrected chi connectivity index (χ1v) is 5.50. The number of nitrogens with zero attached hydrogens (tertiary/aromatic N) is 2. The quantitative estimate of drug-likeness (QED) is 0.735. The molecule has 1 N–H and O–H groups in total. The Morgan fingerprint density at radius 3 is 2.94 bits per heavy atom. The molecule has 2 rings (SSSR count). The normalized spacial score (nSPS) is 15.2. The van der Waals surface area contributed by atoms with E-state index in [0.29, 0.717) is 5.69 Å². The number of hydrogen-bond acceptors (Lipinski definition) is 4. The van der Waals surface area contributed by atoms with Crippen molar-refractivity contribution in [2.24, 2.45) is 0 Å². The number of imidazole rings is 1. The Morgan fingerprint density at radius 1 is 1.56 bits per heavy atom. The number of carbonyl (C=O) groups is 1. The van der Waals surface area contributed by atoms with E-state index in [1.54, 1.807) is 6.20 Å². The van der Waals surface area contributed by atoms with Crippen molar-refractivity contribution in [1.29, 1.82) is 0 Å². The Labute approximate surface area is 94.8 Å². The molecule has 0 fully saturated rings. The van der Waals surface area contributed by atoms with Crippen molar-refractivity contribution in [2.75, 3.05) is 11.9 Å². The summed E-state index contributed by atoms with van der Waals surface area (Å²) in [6.07, 6.45) is 2.80. The maximum Gasteiger partial charge on any atom is 0.359 e. The monoisotopic (exact) mass is 223 g/mol. The zero-order valence-electron chi connectivity index (χ0n) is 9.91. The summed E-state index contributed by atoms with van der Waals surface area (Å²) >= 11 is 0. The molecule has 0 saturated carbocycles. The fraction of sp³-hybridized carbons (Fsp3) is 0.636. The van der Waals surface area contributed by atoms with E-state index in [1.165, 1.54) is 0 Å². The highest BCUT2D eigenvalue weighted by molar-refractivity contribution is 5.87. The van der Waals surface area contributed by atoms with Gasteiger partial charge in [-0.15, -0.1) is 0 Å². The third kappa shape index (κ3) is 2.35. The Balaban J connectivity index is 2.15. The van der Waals surface area contributed by atoms with Crippen LogP contribution in [-0.4, -0.2) is 27.7 Å². The van der Waals surface area contributed by atoms with Crippen molar-refractivity contribution in [3.8, 4) is 0 Å². The Bertz CT molecular complexity index is 380. The maximum atomic E-state index is 11.8. The molecule has 0 aliphatic carbocycles. The van der Waals surface area contributed by atoms with Crippen LogP contribution in [0.15, 0.2) is 6.20 Å². The Hall–Kier alpha value is -1.52. The molecule has 1 aliphatic heterocycles. The van der Waals surface area contributed by atoms with E-state index in [1.807, 2.05) is 25.3 Å². The van der Waals surface area contributed by atoms with Gasteiger partial charge in [0.05, 0.1) is 0 Å². The lowest BCUT2D eigenvalue weighted by Gasteiger charge is -2.18. The molecule has 0 aromatic carbocycles. The second kappa shape index (κ2) is 3.81. The molecule has 2 heterocycles. The number of fused-ring (bicyclic) bond motifs is 1. The summed E-state index contributed by atoms with van der Waals surface area (Å²) in [7, 11) is 0. The van der Waals surface area contributed by atoms with Crippen molar-refractivity contribution >= 4 is 11.9 Å². The molecule has 1 aromatic rings. The van der Waals surface area contributed by atoms with Crippen LogP contribution in [-0.2, 0) is 11.3 Å². The van der Waals surface area contributed by atoms with Gasteiger partial charge in [0.15, 0.2) is 5.69 Å². The second-order valence-corrected chi connectivity index (χ2v) is 4.93. The smallest absolute Gasteiger partial charge is 0.359 e. The SMILES string of the molecule is CC(C)(C)OC(=O)c1cn2c(n1)NCCC2. The topological polar surface area (TPSA) is 56.2 Å². The first kappa shape index (κ1) is 11.0. The average Bonchev–Trinajstić information content (AvgIpc) is 2.58. The number of hydrogen-bond donors (Lipinski definition) is 1. The van der Waals surface area contributed by atoms with Gasteiger partial charge in [-0.3, -0.25) is 0 Å². The third-order valence-electron chi connectivity index (χ3n) is 2.24. The second-order valence-electron chi connectivity index (χ2n) is 4.93. The number of aryl methyl sites for hydroxylation is 1. The van der Waals surface area contributed by atoms with E-state index in [2.05, 4.69) is 10.3 Å². The molecule has 0 spiro atoms. The van der Waals surface area contributed by atoms with E-state index >= 15 is 0 Å². The maximum absolute atomic E-state index is 11.8. The number of nitrogens with one attached hydrogen (secondary N) is 1. The predicted octanol–water partition coefficient (Wildman–Crippen LogP) is 1.65. The Kier molecular flexibility index (Phi) is 2.61. The summed E-state index contributed by atoms with van der Waals surface area (Å²) in [5, 5.41) is 3.14. The van der Waals surface area contributed by atoms with Crippen LogP contribution in [0, 0.1) is 0 Å². The molecule has 5 heteroatoms. The van der Waals surface area contributed by atoms with Gasteiger partial charge in [-0.25, -0.2) is 9.78 Å². The molecule has 0 bridgehead atoms. The number of rotatable bonds is 1. The van der Waals surface area contributed by atoms with Gasteiger partial charge < -0.3 is 14.6 Å². The molecule has 0 atom stereocenters. The first-order chi connectivity index (χ1) is 7.46. The predicted molar refractivity (Wildman–Crippen MR) is 60.5 cm³/mol. The Morgan fingerprint density at radius 2 is 2.31 bits per heavy atom. The van der Waals surface area contributed by atoms with E-state index in [4.69, 9.17) is 4.74 Å². The van der Waals surface area contributed by atoms with Crippen LogP contribution in [0.3, 0.4) is 0 Å². The highest BCUT2D eigenvalue weighted by atomic mass is 16.6. The summed E-state index contributed by atoms with van der Waals surface area (Å²) in [6, 6.07) is 0. The molecule has 1 aromatic heterocycles. The van der Waals surface area contributed by atoms with Gasteiger partial charge in [0.25, 0.3) is 0 Å². The largest absolute Gasteiger partial charge is 0.455 e. The van der Waals surface area contributed by atoms with Crippen LogP contribution in [0.25, 0.3) is 0 Å². The lowest BCUT2D eigenvalue weighted by atomic mass is 10.2. The number of carbonyl (C=O) groups excluding carboxylic acids is 1. The average molecular weight is 223 g/mol. The molecule has 0 amide bonds. The third-order valence-corrected chi connectivity index (χ3v) is 2.24. The number of anilines is 1. The fourth-order valence-corrected chi connectivity index (χ4v) is 1.61. The van der Waals surface area contributed by atoms with E-state index in [0.717, 1.165) is 25.5 Å². The van der Waals surface area contributed by atoms with Crippen LogP contribution in [0.5, 0.6) is 0 Å². The first-order valence-electron chi connectivity index (χ1n) is 5.50. The summed E-state index contributed by atoms with van der Waals surface area (Å²) < 4.78 is 7.21. The van der Waals surface area contributed by atoms with E-state index < -0.39 is 5.60 Å². The summed E-state index contributed by atoms with van der Waals surface area (Å²) in [5.41, 5.74) is -0.103. The minimum Gasteiger partial charge on any atom is -0.455 e. The molecule has 1 aliphatic rings. The van der Waals surface area contributed by atoms with Crippen LogP contribution in [0.2, 0.25) is 0 Å². The molecule has 0 saturated heterocycles. The van der Waals surface area contributed by atoms with Crippen molar-refractivity contribution in [2.45, 2.75) is 39.3 Å². The molecule has 16 heavy (non-hydrogen) atoms. The van der Waals surface area contributed by atoms with Gasteiger partial charge >= 0.3 is 5.97 Å². The lowest BCUT2D eigenvalue weighted by molar-refractivity contribution is 0.00634. The van der Waals surface area contributed by atoms with Gasteiger partial charge in [-0.05, 0) is 27.2 Å². The van der Waals surface area contributed by atoms with E-state index in [9.17, 15) is 4.79 Å². The van der Waals surface area contributed by atoms with E-state index in [-0.39, 0.29) is 5.97 Å². The van der Waals surface area contributed by atoms with Crippen LogP contribution >= 0.6 is 0 Å². The van der Waals surface area contributed by atoms with Crippen LogP contribution in [0.1, 0.15) is 37.7 Å². The fourth-order valence-electron chi connectivity index (χ4n) is 1.61. The standard InChI is InChI=1S/C11H17N3O2/c1-11(2,3)16-9(15)8-7-14-6-4-5-12-10(14)13-8/h7H,4-6H2,1-3H3,(H,12,13). The zero-order valence-corrected chi connectivity index (χ0v) is 9.91. The van der Waals surface area contributed by atoms with Crippen LogP contribution in [0.4, 0.5) is 5.95 Å². The number of aromatic nitrogens is 2. The molecule has 5 nitrogen and oxygen atoms in total. The van der Waals surface area contributed by atoms with Crippen molar-refractivity contribution in [1.82, 2.24) is 9.55 Å². The number of esters is 1. The zero-order chi connectivity index (χ0) is 11.8. The molecular formula is C11H17N3O2. The van der Waals surface area contributed by atoms with Crippen molar-refractivity contribution in [3.05, 3.63) is 11.9 Å².